The lowest BCUT2D eigenvalue weighted by Crippen LogP contribution is -2.33. The van der Waals surface area contributed by atoms with Crippen LogP contribution in [0, 0.1) is 0 Å². The molecule has 1 unspecified atom stereocenters. The van der Waals surface area contributed by atoms with E-state index in [1.54, 1.807) is 0 Å². The van der Waals surface area contributed by atoms with Crippen molar-refractivity contribution in [2.75, 3.05) is 7.05 Å². The summed E-state index contributed by atoms with van der Waals surface area (Å²) >= 11 is 1.40. The number of aromatic nitrogens is 2. The number of thiophene rings is 1. The first kappa shape index (κ1) is 15.7. The molecule has 7 nitrogen and oxygen atoms in total. The van der Waals surface area contributed by atoms with Gasteiger partial charge in [-0.05, 0) is 18.4 Å². The number of carbonyl (C=O) groups excluding carboxylic acids is 1. The van der Waals surface area contributed by atoms with Crippen molar-refractivity contribution < 1.29 is 14.7 Å². The zero-order valence-corrected chi connectivity index (χ0v) is 13.7. The molecule has 23 heavy (non-hydrogen) atoms. The molecule has 2 N–H and O–H groups in total. The highest BCUT2D eigenvalue weighted by Crippen LogP contribution is 2.42. The lowest BCUT2D eigenvalue weighted by molar-refractivity contribution is -0.138. The van der Waals surface area contributed by atoms with Gasteiger partial charge in [0.25, 0.3) is 5.56 Å². The van der Waals surface area contributed by atoms with Gasteiger partial charge >= 0.3 is 5.97 Å². The molecule has 3 rings (SSSR count). The summed E-state index contributed by atoms with van der Waals surface area (Å²) < 4.78 is 1.35. The average Bonchev–Trinajstić information content (AvgIpc) is 3.07. The Bertz CT molecular complexity index is 868. The van der Waals surface area contributed by atoms with Crippen molar-refractivity contribution in [3.05, 3.63) is 26.6 Å². The van der Waals surface area contributed by atoms with Crippen molar-refractivity contribution in [3.8, 4) is 0 Å². The Labute approximate surface area is 136 Å². The maximum absolute atomic E-state index is 12.9. The van der Waals surface area contributed by atoms with E-state index in [2.05, 4.69) is 10.3 Å². The summed E-state index contributed by atoms with van der Waals surface area (Å²) in [6.07, 6.45) is 1.69. The smallest absolute Gasteiger partial charge is 0.311 e. The number of amides is 1. The van der Waals surface area contributed by atoms with Gasteiger partial charge in [0.15, 0.2) is 0 Å². The summed E-state index contributed by atoms with van der Waals surface area (Å²) in [4.78, 5) is 42.1. The van der Waals surface area contributed by atoms with Crippen LogP contribution in [0.2, 0.25) is 0 Å². The minimum absolute atomic E-state index is 0.107. The minimum Gasteiger partial charge on any atom is -0.481 e. The third-order valence-electron chi connectivity index (χ3n) is 4.21. The number of rotatable bonds is 4. The summed E-state index contributed by atoms with van der Waals surface area (Å²) in [6, 6.07) is 0. The molecule has 0 bridgehead atoms. The molecule has 2 aromatic heterocycles. The van der Waals surface area contributed by atoms with Crippen LogP contribution in [0.15, 0.2) is 4.79 Å². The minimum atomic E-state index is -0.916. The van der Waals surface area contributed by atoms with Gasteiger partial charge in [-0.2, -0.15) is 0 Å². The Morgan fingerprint density at radius 1 is 1.48 bits per heavy atom. The maximum Gasteiger partial charge on any atom is 0.311 e. The molecule has 122 valence electrons. The number of carboxylic acids is 1. The molecule has 0 aliphatic heterocycles. The van der Waals surface area contributed by atoms with Crippen LogP contribution in [-0.2, 0) is 29.0 Å². The van der Waals surface area contributed by atoms with E-state index in [1.807, 2.05) is 6.92 Å². The Morgan fingerprint density at radius 2 is 2.22 bits per heavy atom. The lowest BCUT2D eigenvalue weighted by atomic mass is 10.0. The number of nitrogens with one attached hydrogen (secondary N) is 1. The number of aryl methyl sites for hydroxylation is 2. The fourth-order valence-corrected chi connectivity index (χ4v) is 4.33. The van der Waals surface area contributed by atoms with E-state index in [0.29, 0.717) is 40.9 Å². The van der Waals surface area contributed by atoms with Gasteiger partial charge in [-0.1, -0.05) is 6.92 Å². The topological polar surface area (TPSA) is 101 Å². The Morgan fingerprint density at radius 3 is 2.83 bits per heavy atom. The van der Waals surface area contributed by atoms with Gasteiger partial charge in [-0.25, -0.2) is 4.98 Å². The molecule has 0 saturated heterocycles. The first-order valence-electron chi connectivity index (χ1n) is 7.46. The summed E-state index contributed by atoms with van der Waals surface area (Å²) in [5.74, 6) is -1.32. The normalized spacial score (nSPS) is 16.5. The van der Waals surface area contributed by atoms with Crippen LogP contribution < -0.4 is 10.9 Å². The highest BCUT2D eigenvalue weighted by atomic mass is 32.1. The number of aliphatic carboxylic acids is 1. The predicted octanol–water partition coefficient (Wildman–Crippen LogP) is 0.881. The number of fused-ring (bicyclic) bond motifs is 3. The molecule has 8 heteroatoms. The number of carboxylic acid groups (broad SMARTS) is 1. The summed E-state index contributed by atoms with van der Waals surface area (Å²) in [7, 11) is 1.51. The summed E-state index contributed by atoms with van der Waals surface area (Å²) in [5, 5.41) is 12.3. The molecular formula is C15H17N3O4S. The molecule has 0 saturated carbocycles. The fourth-order valence-electron chi connectivity index (χ4n) is 3.07. The molecular weight excluding hydrogens is 318 g/mol. The number of carbonyl (C=O) groups is 2. The van der Waals surface area contributed by atoms with Crippen molar-refractivity contribution in [1.82, 2.24) is 14.9 Å². The molecule has 0 aromatic carbocycles. The highest BCUT2D eigenvalue weighted by Gasteiger charge is 2.34. The van der Waals surface area contributed by atoms with Gasteiger partial charge in [0.2, 0.25) is 5.91 Å². The predicted molar refractivity (Wildman–Crippen MR) is 86.0 cm³/mol. The van der Waals surface area contributed by atoms with Crippen molar-refractivity contribution in [2.24, 2.45) is 0 Å². The van der Waals surface area contributed by atoms with Gasteiger partial charge in [-0.3, -0.25) is 19.0 Å². The Kier molecular flexibility index (Phi) is 3.93. The molecule has 0 spiro atoms. The molecule has 0 radical (unpaired) electrons. The standard InChI is InChI=1S/C15H17N3O4S/c1-3-9-17-13-12(14(20)18(9)6-10(19)16-2)11-7(15(21)22)4-5-8(11)23-13/h7H,3-6H2,1-2H3,(H,16,19)(H,21,22). The zero-order chi connectivity index (χ0) is 16.7. The van der Waals surface area contributed by atoms with Crippen LogP contribution in [-0.4, -0.2) is 33.6 Å². The van der Waals surface area contributed by atoms with Crippen LogP contribution in [0.1, 0.15) is 35.5 Å². The average molecular weight is 335 g/mol. The molecule has 1 atom stereocenters. The van der Waals surface area contributed by atoms with Crippen molar-refractivity contribution in [2.45, 2.75) is 38.6 Å². The first-order chi connectivity index (χ1) is 11.0. The Hall–Kier alpha value is -2.22. The van der Waals surface area contributed by atoms with Crippen LogP contribution in [0.4, 0.5) is 0 Å². The third-order valence-corrected chi connectivity index (χ3v) is 5.37. The zero-order valence-electron chi connectivity index (χ0n) is 12.9. The fraction of sp³-hybridized carbons (Fsp3) is 0.467. The number of hydrogen-bond acceptors (Lipinski definition) is 5. The van der Waals surface area contributed by atoms with Crippen LogP contribution >= 0.6 is 11.3 Å². The van der Waals surface area contributed by atoms with Gasteiger partial charge < -0.3 is 10.4 Å². The van der Waals surface area contributed by atoms with Crippen molar-refractivity contribution in [3.63, 3.8) is 0 Å². The molecule has 2 heterocycles. The van der Waals surface area contributed by atoms with Gasteiger partial charge in [0.1, 0.15) is 17.2 Å². The van der Waals surface area contributed by atoms with E-state index >= 15 is 0 Å². The van der Waals surface area contributed by atoms with E-state index < -0.39 is 11.9 Å². The molecule has 1 amide bonds. The second-order valence-corrected chi connectivity index (χ2v) is 6.58. The van der Waals surface area contributed by atoms with Crippen LogP contribution in [0.25, 0.3) is 10.2 Å². The van der Waals surface area contributed by atoms with E-state index in [1.165, 1.54) is 23.0 Å². The molecule has 1 aliphatic carbocycles. The van der Waals surface area contributed by atoms with Gasteiger partial charge in [-0.15, -0.1) is 11.3 Å². The van der Waals surface area contributed by atoms with E-state index in [-0.39, 0.29) is 18.0 Å². The summed E-state index contributed by atoms with van der Waals surface area (Å²) in [6.45, 7) is 1.76. The molecule has 1 aliphatic rings. The summed E-state index contributed by atoms with van der Waals surface area (Å²) in [5.41, 5.74) is 0.282. The van der Waals surface area contributed by atoms with Crippen LogP contribution in [0.5, 0.6) is 0 Å². The quantitative estimate of drug-likeness (QED) is 0.864. The largest absolute Gasteiger partial charge is 0.481 e. The SMILES string of the molecule is CCc1nc2sc3c(c2c(=O)n1CC(=O)NC)C(C(=O)O)CC3. The van der Waals surface area contributed by atoms with E-state index in [4.69, 9.17) is 0 Å². The Balaban J connectivity index is 2.27. The number of nitrogens with zero attached hydrogens (tertiary/aromatic N) is 2. The monoisotopic (exact) mass is 335 g/mol. The lowest BCUT2D eigenvalue weighted by Gasteiger charge is -2.11. The molecule has 0 fully saturated rings. The van der Waals surface area contributed by atoms with Gasteiger partial charge in [0.05, 0.1) is 11.3 Å². The number of likely N-dealkylation sites (N-methyl/N-ethyl adjacent to an activating group) is 1. The highest BCUT2D eigenvalue weighted by molar-refractivity contribution is 7.18. The second kappa shape index (κ2) is 5.77. The van der Waals surface area contributed by atoms with Crippen molar-refractivity contribution in [1.29, 1.82) is 0 Å². The second-order valence-electron chi connectivity index (χ2n) is 5.49. The maximum atomic E-state index is 12.9. The van der Waals surface area contributed by atoms with Crippen molar-refractivity contribution >= 4 is 33.4 Å². The van der Waals surface area contributed by atoms with E-state index in [0.717, 1.165) is 4.88 Å². The van der Waals surface area contributed by atoms with E-state index in [9.17, 15) is 19.5 Å². The van der Waals surface area contributed by atoms with Gasteiger partial charge in [0, 0.05) is 18.3 Å². The number of hydrogen-bond donors (Lipinski definition) is 2. The first-order valence-corrected chi connectivity index (χ1v) is 8.27. The van der Waals surface area contributed by atoms with Crippen LogP contribution in [0.3, 0.4) is 0 Å². The molecule has 2 aromatic rings. The third kappa shape index (κ3) is 2.42.